The van der Waals surface area contributed by atoms with Crippen molar-refractivity contribution in [1.29, 1.82) is 0 Å². The minimum atomic E-state index is -0.279. The van der Waals surface area contributed by atoms with Gasteiger partial charge in [0.1, 0.15) is 0 Å². The SMILES string of the molecule is CCC1C=CCN1C(=O)c1nc2ccccc2c(=O)[nH]1. The Morgan fingerprint density at radius 2 is 2.25 bits per heavy atom. The van der Waals surface area contributed by atoms with Crippen LogP contribution in [0.4, 0.5) is 0 Å². The molecule has 20 heavy (non-hydrogen) atoms. The van der Waals surface area contributed by atoms with E-state index in [1.165, 1.54) is 0 Å². The van der Waals surface area contributed by atoms with Gasteiger partial charge in [-0.25, -0.2) is 4.98 Å². The predicted octanol–water partition coefficient (Wildman–Crippen LogP) is 1.71. The van der Waals surface area contributed by atoms with Gasteiger partial charge in [-0.15, -0.1) is 0 Å². The van der Waals surface area contributed by atoms with Crippen molar-refractivity contribution in [2.75, 3.05) is 6.54 Å². The fourth-order valence-electron chi connectivity index (χ4n) is 2.48. The van der Waals surface area contributed by atoms with E-state index in [9.17, 15) is 9.59 Å². The number of hydrogen-bond donors (Lipinski definition) is 1. The molecule has 0 fully saturated rings. The molecule has 2 heterocycles. The van der Waals surface area contributed by atoms with Crippen LogP contribution >= 0.6 is 0 Å². The lowest BCUT2D eigenvalue weighted by Crippen LogP contribution is -2.37. The van der Waals surface area contributed by atoms with Crippen LogP contribution in [-0.4, -0.2) is 33.4 Å². The van der Waals surface area contributed by atoms with Gasteiger partial charge in [0.2, 0.25) is 0 Å². The lowest BCUT2D eigenvalue weighted by Gasteiger charge is -2.22. The fraction of sp³-hybridized carbons (Fsp3) is 0.267. The Kier molecular flexibility index (Phi) is 3.10. The van der Waals surface area contributed by atoms with Crippen LogP contribution in [0.3, 0.4) is 0 Å². The Morgan fingerprint density at radius 3 is 3.05 bits per heavy atom. The minimum Gasteiger partial charge on any atom is -0.326 e. The third-order valence-electron chi connectivity index (χ3n) is 3.56. The number of aromatic nitrogens is 2. The van der Waals surface area contributed by atoms with Crippen molar-refractivity contribution >= 4 is 16.8 Å². The van der Waals surface area contributed by atoms with Crippen LogP contribution in [-0.2, 0) is 0 Å². The number of carbonyl (C=O) groups excluding carboxylic acids is 1. The highest BCUT2D eigenvalue weighted by Gasteiger charge is 2.26. The number of H-pyrrole nitrogens is 1. The number of nitrogens with one attached hydrogen (secondary N) is 1. The van der Waals surface area contributed by atoms with Gasteiger partial charge in [-0.1, -0.05) is 31.2 Å². The summed E-state index contributed by atoms with van der Waals surface area (Å²) in [5.41, 5.74) is 0.263. The molecule has 1 aromatic carbocycles. The predicted molar refractivity (Wildman–Crippen MR) is 76.6 cm³/mol. The second-order valence-corrected chi connectivity index (χ2v) is 4.79. The molecule has 3 rings (SSSR count). The highest BCUT2D eigenvalue weighted by atomic mass is 16.2. The molecule has 0 saturated carbocycles. The van der Waals surface area contributed by atoms with Crippen molar-refractivity contribution in [3.63, 3.8) is 0 Å². The molecule has 1 unspecified atom stereocenters. The van der Waals surface area contributed by atoms with Crippen LogP contribution < -0.4 is 5.56 Å². The van der Waals surface area contributed by atoms with Crippen molar-refractivity contribution in [3.05, 3.63) is 52.6 Å². The third-order valence-corrected chi connectivity index (χ3v) is 3.56. The van der Waals surface area contributed by atoms with Gasteiger partial charge >= 0.3 is 0 Å². The first-order valence-corrected chi connectivity index (χ1v) is 6.67. The third kappa shape index (κ3) is 2.01. The van der Waals surface area contributed by atoms with Crippen molar-refractivity contribution < 1.29 is 4.79 Å². The van der Waals surface area contributed by atoms with Crippen LogP contribution in [0.2, 0.25) is 0 Å². The van der Waals surface area contributed by atoms with Gasteiger partial charge in [-0.2, -0.15) is 0 Å². The molecule has 1 atom stereocenters. The first-order chi connectivity index (χ1) is 9.70. The molecular weight excluding hydrogens is 254 g/mol. The van der Waals surface area contributed by atoms with Crippen LogP contribution in [0.25, 0.3) is 10.9 Å². The lowest BCUT2D eigenvalue weighted by molar-refractivity contribution is 0.0735. The Bertz CT molecular complexity index is 748. The topological polar surface area (TPSA) is 66.1 Å². The average Bonchev–Trinajstić information content (AvgIpc) is 2.95. The number of benzene rings is 1. The molecule has 0 bridgehead atoms. The number of rotatable bonds is 2. The maximum absolute atomic E-state index is 12.5. The van der Waals surface area contributed by atoms with Gasteiger partial charge in [-0.05, 0) is 18.6 Å². The summed E-state index contributed by atoms with van der Waals surface area (Å²) >= 11 is 0. The monoisotopic (exact) mass is 269 g/mol. The molecule has 1 aliphatic heterocycles. The van der Waals surface area contributed by atoms with E-state index in [0.29, 0.717) is 17.4 Å². The van der Waals surface area contributed by atoms with Gasteiger partial charge in [-0.3, -0.25) is 9.59 Å². The highest BCUT2D eigenvalue weighted by Crippen LogP contribution is 2.15. The number of carbonyl (C=O) groups is 1. The lowest BCUT2D eigenvalue weighted by atomic mass is 10.2. The van der Waals surface area contributed by atoms with Gasteiger partial charge in [0.25, 0.3) is 11.5 Å². The quantitative estimate of drug-likeness (QED) is 0.844. The van der Waals surface area contributed by atoms with E-state index in [2.05, 4.69) is 9.97 Å². The van der Waals surface area contributed by atoms with Gasteiger partial charge < -0.3 is 9.88 Å². The van der Waals surface area contributed by atoms with Gasteiger partial charge in [0, 0.05) is 6.54 Å². The van der Waals surface area contributed by atoms with Gasteiger partial charge in [0.05, 0.1) is 16.9 Å². The molecule has 5 heteroatoms. The second-order valence-electron chi connectivity index (χ2n) is 4.79. The summed E-state index contributed by atoms with van der Waals surface area (Å²) < 4.78 is 0. The van der Waals surface area contributed by atoms with Crippen molar-refractivity contribution in [2.45, 2.75) is 19.4 Å². The molecule has 1 aliphatic rings. The molecule has 0 radical (unpaired) electrons. The van der Waals surface area contributed by atoms with Crippen molar-refractivity contribution in [3.8, 4) is 0 Å². The molecule has 0 aliphatic carbocycles. The normalized spacial score (nSPS) is 17.9. The van der Waals surface area contributed by atoms with Crippen LogP contribution in [0, 0.1) is 0 Å². The largest absolute Gasteiger partial charge is 0.326 e. The Hall–Kier alpha value is -2.43. The fourth-order valence-corrected chi connectivity index (χ4v) is 2.48. The summed E-state index contributed by atoms with van der Waals surface area (Å²) in [5.74, 6) is -0.124. The van der Waals surface area contributed by atoms with E-state index < -0.39 is 0 Å². The smallest absolute Gasteiger partial charge is 0.290 e. The van der Waals surface area contributed by atoms with Crippen LogP contribution in [0.15, 0.2) is 41.2 Å². The summed E-state index contributed by atoms with van der Waals surface area (Å²) in [4.78, 5) is 33.0. The summed E-state index contributed by atoms with van der Waals surface area (Å²) in [5, 5.41) is 0.496. The molecule has 5 nitrogen and oxygen atoms in total. The standard InChI is InChI=1S/C15H15N3O2/c1-2-10-6-5-9-18(10)15(20)13-16-12-8-4-3-7-11(12)14(19)17-13/h3-8,10H,2,9H2,1H3,(H,16,17,19). The molecule has 0 spiro atoms. The zero-order valence-corrected chi connectivity index (χ0v) is 11.2. The number of fused-ring (bicyclic) bond motifs is 1. The van der Waals surface area contributed by atoms with E-state index >= 15 is 0 Å². The molecule has 0 saturated heterocycles. The van der Waals surface area contributed by atoms with Crippen molar-refractivity contribution in [2.24, 2.45) is 0 Å². The zero-order chi connectivity index (χ0) is 14.1. The molecular formula is C15H15N3O2. The first-order valence-electron chi connectivity index (χ1n) is 6.67. The highest BCUT2D eigenvalue weighted by molar-refractivity contribution is 5.93. The number of hydrogen-bond acceptors (Lipinski definition) is 3. The number of para-hydroxylation sites is 1. The molecule has 1 N–H and O–H groups in total. The van der Waals surface area contributed by atoms with Crippen LogP contribution in [0.1, 0.15) is 24.0 Å². The molecule has 1 aromatic heterocycles. The summed E-state index contributed by atoms with van der Waals surface area (Å²) in [7, 11) is 0. The number of nitrogens with zero attached hydrogens (tertiary/aromatic N) is 2. The molecule has 102 valence electrons. The first kappa shape index (κ1) is 12.6. The summed E-state index contributed by atoms with van der Waals surface area (Å²) in [6.07, 6.45) is 4.82. The van der Waals surface area contributed by atoms with Gasteiger partial charge in [0.15, 0.2) is 5.82 Å². The van der Waals surface area contributed by atoms with Crippen molar-refractivity contribution in [1.82, 2.24) is 14.9 Å². The van der Waals surface area contributed by atoms with E-state index in [1.54, 1.807) is 29.2 Å². The van der Waals surface area contributed by atoms with E-state index in [4.69, 9.17) is 0 Å². The van der Waals surface area contributed by atoms with E-state index in [1.807, 2.05) is 19.1 Å². The van der Waals surface area contributed by atoms with E-state index in [-0.39, 0.29) is 23.3 Å². The van der Waals surface area contributed by atoms with E-state index in [0.717, 1.165) is 6.42 Å². The Labute approximate surface area is 115 Å². The van der Waals surface area contributed by atoms with Crippen LogP contribution in [0.5, 0.6) is 0 Å². The molecule has 2 aromatic rings. The molecule has 1 amide bonds. The zero-order valence-electron chi connectivity index (χ0n) is 11.2. The average molecular weight is 269 g/mol. The maximum atomic E-state index is 12.5. The number of aromatic amines is 1. The Balaban J connectivity index is 2.02. The minimum absolute atomic E-state index is 0.0827. The second kappa shape index (κ2) is 4.92. The number of amides is 1. The maximum Gasteiger partial charge on any atom is 0.290 e. The summed E-state index contributed by atoms with van der Waals surface area (Å²) in [6.45, 7) is 2.59. The Morgan fingerprint density at radius 1 is 1.45 bits per heavy atom. The summed E-state index contributed by atoms with van der Waals surface area (Å²) in [6, 6.07) is 7.09.